The lowest BCUT2D eigenvalue weighted by Gasteiger charge is -2.11. The summed E-state index contributed by atoms with van der Waals surface area (Å²) in [4.78, 5) is 12.6. The van der Waals surface area contributed by atoms with E-state index < -0.39 is 0 Å². The van der Waals surface area contributed by atoms with E-state index in [1.165, 1.54) is 0 Å². The maximum atomic E-state index is 5.80. The number of hydrogen-bond acceptors (Lipinski definition) is 4. The van der Waals surface area contributed by atoms with Gasteiger partial charge in [-0.05, 0) is 17.7 Å². The van der Waals surface area contributed by atoms with Crippen LogP contribution in [0.5, 0.6) is 0 Å². The van der Waals surface area contributed by atoms with Crippen molar-refractivity contribution < 1.29 is 0 Å². The Morgan fingerprint density at radius 3 is 2.88 bits per heavy atom. The summed E-state index contributed by atoms with van der Waals surface area (Å²) in [6.07, 6.45) is 12.0. The lowest BCUT2D eigenvalue weighted by molar-refractivity contribution is 1.18. The molecule has 16 heavy (non-hydrogen) atoms. The fraction of sp³-hybridized carbons (Fsp3) is 0.0833. The van der Waals surface area contributed by atoms with Crippen LogP contribution in [0.3, 0.4) is 0 Å². The van der Waals surface area contributed by atoms with E-state index in [2.05, 4.69) is 21.0 Å². The Labute approximate surface area is 92.9 Å². The first-order chi connectivity index (χ1) is 7.84. The Morgan fingerprint density at radius 1 is 1.12 bits per heavy atom. The third kappa shape index (κ3) is 1.35. The molecule has 0 fully saturated rings. The minimum absolute atomic E-state index is 0.466. The second-order valence-electron chi connectivity index (χ2n) is 3.64. The summed E-state index contributed by atoms with van der Waals surface area (Å²) in [6, 6.07) is 0. The third-order valence-electron chi connectivity index (χ3n) is 2.64. The largest absolute Gasteiger partial charge is 0.382 e. The Hall–Kier alpha value is -2.23. The van der Waals surface area contributed by atoms with Gasteiger partial charge in [0.2, 0.25) is 0 Å². The van der Waals surface area contributed by atoms with Crippen LogP contribution in [-0.4, -0.2) is 15.7 Å². The SMILES string of the molecule is Nc1nccnc1C1=CCC2=NC=CC2=C1. The lowest BCUT2D eigenvalue weighted by Crippen LogP contribution is -2.05. The van der Waals surface area contributed by atoms with Crippen molar-refractivity contribution in [2.24, 2.45) is 4.99 Å². The highest BCUT2D eigenvalue weighted by molar-refractivity contribution is 6.10. The third-order valence-corrected chi connectivity index (χ3v) is 2.64. The average molecular weight is 210 g/mol. The van der Waals surface area contributed by atoms with E-state index in [9.17, 15) is 0 Å². The molecule has 0 spiro atoms. The number of allylic oxidation sites excluding steroid dienone is 5. The lowest BCUT2D eigenvalue weighted by atomic mass is 9.96. The number of nitrogens with zero attached hydrogens (tertiary/aromatic N) is 3. The van der Waals surface area contributed by atoms with Crippen molar-refractivity contribution in [2.45, 2.75) is 6.42 Å². The van der Waals surface area contributed by atoms with Gasteiger partial charge in [0.05, 0.1) is 5.71 Å². The molecule has 4 nitrogen and oxygen atoms in total. The van der Waals surface area contributed by atoms with Crippen LogP contribution in [0.1, 0.15) is 12.1 Å². The van der Waals surface area contributed by atoms with Gasteiger partial charge in [0.15, 0.2) is 0 Å². The van der Waals surface area contributed by atoms with Crippen LogP contribution in [0, 0.1) is 0 Å². The Kier molecular flexibility index (Phi) is 1.93. The van der Waals surface area contributed by atoms with Crippen LogP contribution in [-0.2, 0) is 0 Å². The molecule has 0 radical (unpaired) electrons. The van der Waals surface area contributed by atoms with E-state index >= 15 is 0 Å². The maximum absolute atomic E-state index is 5.80. The highest BCUT2D eigenvalue weighted by Gasteiger charge is 2.16. The van der Waals surface area contributed by atoms with Gasteiger partial charge in [-0.15, -0.1) is 0 Å². The molecule has 0 bridgehead atoms. The Bertz CT molecular complexity index is 564. The van der Waals surface area contributed by atoms with E-state index in [0.717, 1.165) is 29.0 Å². The van der Waals surface area contributed by atoms with Gasteiger partial charge in [-0.3, -0.25) is 9.98 Å². The molecule has 4 heteroatoms. The summed E-state index contributed by atoms with van der Waals surface area (Å²) >= 11 is 0. The van der Waals surface area contributed by atoms with Crippen LogP contribution >= 0.6 is 0 Å². The molecule has 78 valence electrons. The highest BCUT2D eigenvalue weighted by Crippen LogP contribution is 2.27. The molecule has 1 aromatic heterocycles. The van der Waals surface area contributed by atoms with Crippen LogP contribution in [0.15, 0.2) is 47.4 Å². The molecule has 0 amide bonds. The van der Waals surface area contributed by atoms with Crippen molar-refractivity contribution in [2.75, 3.05) is 5.73 Å². The summed E-state index contributed by atoms with van der Waals surface area (Å²) in [5.41, 5.74) is 9.81. The molecular formula is C12H10N4. The zero-order chi connectivity index (χ0) is 11.0. The molecular weight excluding hydrogens is 200 g/mol. The van der Waals surface area contributed by atoms with Gasteiger partial charge in [-0.2, -0.15) is 0 Å². The van der Waals surface area contributed by atoms with E-state index in [4.69, 9.17) is 5.73 Å². The zero-order valence-electron chi connectivity index (χ0n) is 8.59. The van der Waals surface area contributed by atoms with Gasteiger partial charge in [0, 0.05) is 30.6 Å². The molecule has 2 N–H and O–H groups in total. The number of nitrogens with two attached hydrogens (primary N) is 1. The first-order valence-corrected chi connectivity index (χ1v) is 5.07. The molecule has 1 aliphatic carbocycles. The van der Waals surface area contributed by atoms with Crippen LogP contribution in [0.25, 0.3) is 5.57 Å². The number of nitrogen functional groups attached to an aromatic ring is 1. The van der Waals surface area contributed by atoms with Gasteiger partial charge < -0.3 is 5.73 Å². The predicted octanol–water partition coefficient (Wildman–Crippen LogP) is 1.74. The van der Waals surface area contributed by atoms with Gasteiger partial charge in [0.25, 0.3) is 0 Å². The van der Waals surface area contributed by atoms with E-state index in [0.29, 0.717) is 5.82 Å². The molecule has 0 saturated carbocycles. The molecule has 0 unspecified atom stereocenters. The van der Waals surface area contributed by atoms with Crippen molar-refractivity contribution >= 4 is 17.1 Å². The molecule has 2 heterocycles. The molecule has 0 aromatic carbocycles. The van der Waals surface area contributed by atoms with E-state index in [1.807, 2.05) is 18.4 Å². The molecule has 0 atom stereocenters. The smallest absolute Gasteiger partial charge is 0.149 e. The van der Waals surface area contributed by atoms with E-state index in [-0.39, 0.29) is 0 Å². The predicted molar refractivity (Wildman–Crippen MR) is 63.7 cm³/mol. The average Bonchev–Trinajstić information content (AvgIpc) is 2.76. The quantitative estimate of drug-likeness (QED) is 0.767. The summed E-state index contributed by atoms with van der Waals surface area (Å²) in [6.45, 7) is 0. The van der Waals surface area contributed by atoms with Crippen molar-refractivity contribution in [1.82, 2.24) is 9.97 Å². The van der Waals surface area contributed by atoms with Crippen molar-refractivity contribution in [3.8, 4) is 0 Å². The van der Waals surface area contributed by atoms with Gasteiger partial charge in [-0.1, -0.05) is 6.08 Å². The number of hydrogen-bond donors (Lipinski definition) is 1. The maximum Gasteiger partial charge on any atom is 0.149 e. The summed E-state index contributed by atoms with van der Waals surface area (Å²) in [5.74, 6) is 0.466. The number of aromatic nitrogens is 2. The highest BCUT2D eigenvalue weighted by atomic mass is 14.9. The number of aliphatic imine (C=N–C) groups is 1. The van der Waals surface area contributed by atoms with Crippen molar-refractivity contribution in [3.63, 3.8) is 0 Å². The number of rotatable bonds is 1. The zero-order valence-corrected chi connectivity index (χ0v) is 8.59. The minimum Gasteiger partial charge on any atom is -0.382 e. The molecule has 0 saturated heterocycles. The van der Waals surface area contributed by atoms with Crippen LogP contribution in [0.2, 0.25) is 0 Å². The molecule has 1 aliphatic heterocycles. The Morgan fingerprint density at radius 2 is 2.00 bits per heavy atom. The molecule has 2 aliphatic rings. The number of fused-ring (bicyclic) bond motifs is 1. The normalized spacial score (nSPS) is 17.6. The second-order valence-corrected chi connectivity index (χ2v) is 3.64. The fourth-order valence-corrected chi connectivity index (χ4v) is 1.85. The van der Waals surface area contributed by atoms with Crippen LogP contribution < -0.4 is 5.73 Å². The summed E-state index contributed by atoms with van der Waals surface area (Å²) in [5, 5.41) is 0. The topological polar surface area (TPSA) is 64.2 Å². The van der Waals surface area contributed by atoms with Crippen molar-refractivity contribution in [1.29, 1.82) is 0 Å². The molecule has 1 aromatic rings. The van der Waals surface area contributed by atoms with Gasteiger partial charge in [0.1, 0.15) is 11.5 Å². The van der Waals surface area contributed by atoms with Crippen LogP contribution in [0.4, 0.5) is 5.82 Å². The van der Waals surface area contributed by atoms with Gasteiger partial charge >= 0.3 is 0 Å². The summed E-state index contributed by atoms with van der Waals surface area (Å²) < 4.78 is 0. The van der Waals surface area contributed by atoms with Gasteiger partial charge in [-0.25, -0.2) is 4.98 Å². The second kappa shape index (κ2) is 3.41. The first kappa shape index (κ1) is 9.03. The fourth-order valence-electron chi connectivity index (χ4n) is 1.85. The molecule has 3 rings (SSSR count). The number of anilines is 1. The Balaban J connectivity index is 2.05. The standard InChI is InChI=1S/C12H10N4/c13-12-11(15-5-6-16-12)9-1-2-10-8(7-9)3-4-14-10/h1,3-7H,2H2,(H2,13,16). The first-order valence-electron chi connectivity index (χ1n) is 5.07. The monoisotopic (exact) mass is 210 g/mol. The summed E-state index contributed by atoms with van der Waals surface area (Å²) in [7, 11) is 0. The van der Waals surface area contributed by atoms with E-state index in [1.54, 1.807) is 12.4 Å². The van der Waals surface area contributed by atoms with Crippen molar-refractivity contribution in [3.05, 3.63) is 48.1 Å². The minimum atomic E-state index is 0.466.